The molecule has 9 heteroatoms. The minimum atomic E-state index is -3.72. The van der Waals surface area contributed by atoms with E-state index in [1.165, 1.54) is 16.8 Å². The van der Waals surface area contributed by atoms with Crippen LogP contribution in [0.25, 0.3) is 0 Å². The van der Waals surface area contributed by atoms with Crippen molar-refractivity contribution in [3.05, 3.63) is 36.8 Å². The van der Waals surface area contributed by atoms with Crippen LogP contribution in [0.2, 0.25) is 0 Å². The molecule has 150 valence electrons. The summed E-state index contributed by atoms with van der Waals surface area (Å²) >= 11 is 0. The molecule has 3 fully saturated rings. The molecule has 2 aromatic rings. The fourth-order valence-corrected chi connectivity index (χ4v) is 5.99. The summed E-state index contributed by atoms with van der Waals surface area (Å²) in [7, 11) is -0.394. The first-order valence-corrected chi connectivity index (χ1v) is 10.8. The Morgan fingerprint density at radius 2 is 2.00 bits per heavy atom. The summed E-state index contributed by atoms with van der Waals surface area (Å²) in [5.41, 5.74) is 0.673. The average Bonchev–Trinajstić information content (AvgIpc) is 3.16. The van der Waals surface area contributed by atoms with Crippen molar-refractivity contribution in [3.8, 4) is 5.75 Å². The Labute approximate surface area is 164 Å². The number of carbonyl (C=O) groups is 1. The van der Waals surface area contributed by atoms with E-state index in [4.69, 9.17) is 4.74 Å². The van der Waals surface area contributed by atoms with Gasteiger partial charge >= 0.3 is 0 Å². The molecule has 3 heterocycles. The van der Waals surface area contributed by atoms with Gasteiger partial charge in [-0.3, -0.25) is 4.79 Å². The van der Waals surface area contributed by atoms with Crippen molar-refractivity contribution < 1.29 is 17.9 Å². The monoisotopic (exact) mass is 404 g/mol. The minimum absolute atomic E-state index is 0.0388. The van der Waals surface area contributed by atoms with Gasteiger partial charge in [0.15, 0.2) is 5.03 Å². The Kier molecular flexibility index (Phi) is 4.88. The molecule has 2 aliphatic heterocycles. The summed E-state index contributed by atoms with van der Waals surface area (Å²) in [5.74, 6) is 0.395. The number of nitrogens with one attached hydrogen (secondary N) is 1. The van der Waals surface area contributed by atoms with Crippen LogP contribution in [-0.2, 0) is 21.9 Å². The second-order valence-electron chi connectivity index (χ2n) is 7.52. The predicted molar refractivity (Wildman–Crippen MR) is 103 cm³/mol. The first-order valence-electron chi connectivity index (χ1n) is 9.33. The first-order chi connectivity index (χ1) is 13.4. The third-order valence-corrected chi connectivity index (χ3v) is 7.46. The number of fused-ring (bicyclic) bond motifs is 3. The normalized spacial score (nSPS) is 24.9. The van der Waals surface area contributed by atoms with Gasteiger partial charge in [-0.05, 0) is 49.4 Å². The Morgan fingerprint density at radius 3 is 2.61 bits per heavy atom. The molecule has 0 radical (unpaired) electrons. The molecule has 1 aromatic heterocycles. The highest BCUT2D eigenvalue weighted by atomic mass is 32.2. The van der Waals surface area contributed by atoms with Crippen molar-refractivity contribution in [2.24, 2.45) is 18.9 Å². The van der Waals surface area contributed by atoms with E-state index in [2.05, 4.69) is 10.3 Å². The Hall–Kier alpha value is -2.39. The van der Waals surface area contributed by atoms with Crippen molar-refractivity contribution in [1.29, 1.82) is 0 Å². The van der Waals surface area contributed by atoms with E-state index in [-0.39, 0.29) is 28.8 Å². The fraction of sp³-hybridized carbons (Fsp3) is 0.474. The highest BCUT2D eigenvalue weighted by molar-refractivity contribution is 7.89. The van der Waals surface area contributed by atoms with E-state index in [1.807, 2.05) is 0 Å². The van der Waals surface area contributed by atoms with E-state index >= 15 is 0 Å². The number of imidazole rings is 1. The number of piperidine rings is 2. The number of hydrogen-bond acceptors (Lipinski definition) is 5. The molecule has 2 bridgehead atoms. The van der Waals surface area contributed by atoms with E-state index < -0.39 is 10.0 Å². The first kappa shape index (κ1) is 18.9. The summed E-state index contributed by atoms with van der Waals surface area (Å²) in [6.45, 7) is 0.454. The van der Waals surface area contributed by atoms with Crippen molar-refractivity contribution in [2.75, 3.05) is 19.0 Å². The largest absolute Gasteiger partial charge is 0.497 e. The highest BCUT2D eigenvalue weighted by Gasteiger charge is 2.49. The Bertz CT molecular complexity index is 970. The summed E-state index contributed by atoms with van der Waals surface area (Å²) in [6.07, 6.45) is 5.33. The van der Waals surface area contributed by atoms with Crippen LogP contribution in [0.5, 0.6) is 5.75 Å². The molecule has 3 aliphatic rings. The second kappa shape index (κ2) is 7.21. The molecule has 1 aliphatic carbocycles. The average molecular weight is 404 g/mol. The standard InChI is InChI=1S/C19H24N4O4S/c1-22-11-18(20-12-22)28(25,26)23-10-13-3-8-17(23)16(9-13)19(24)21-14-4-6-15(27-2)7-5-14/h4-7,11-13,16-17H,3,8-10H2,1-2H3,(H,21,24)/t13-,16+,17+/m0/s1. The molecule has 8 nitrogen and oxygen atoms in total. The smallest absolute Gasteiger partial charge is 0.262 e. The molecule has 5 rings (SSSR count). The third-order valence-electron chi connectivity index (χ3n) is 5.68. The quantitative estimate of drug-likeness (QED) is 0.821. The van der Waals surface area contributed by atoms with Crippen LogP contribution in [-0.4, -0.2) is 47.9 Å². The number of aryl methyl sites for hydroxylation is 1. The van der Waals surface area contributed by atoms with Gasteiger partial charge in [-0.1, -0.05) is 0 Å². The number of nitrogens with zero attached hydrogens (tertiary/aromatic N) is 3. The van der Waals surface area contributed by atoms with Gasteiger partial charge in [-0.15, -0.1) is 0 Å². The van der Waals surface area contributed by atoms with Crippen molar-refractivity contribution in [1.82, 2.24) is 13.9 Å². The number of carbonyl (C=O) groups excluding carboxylic acids is 1. The Morgan fingerprint density at radius 1 is 1.25 bits per heavy atom. The summed E-state index contributed by atoms with van der Waals surface area (Å²) in [6, 6.07) is 6.77. The van der Waals surface area contributed by atoms with E-state index in [1.54, 1.807) is 43.0 Å². The van der Waals surface area contributed by atoms with Gasteiger partial charge in [0, 0.05) is 31.5 Å². The van der Waals surface area contributed by atoms with Gasteiger partial charge in [0.1, 0.15) is 5.75 Å². The molecule has 2 saturated heterocycles. The predicted octanol–water partition coefficient (Wildman–Crippen LogP) is 1.86. The maximum absolute atomic E-state index is 13.1. The minimum Gasteiger partial charge on any atom is -0.497 e. The van der Waals surface area contributed by atoms with Crippen LogP contribution in [0.4, 0.5) is 5.69 Å². The van der Waals surface area contributed by atoms with Gasteiger partial charge in [0.25, 0.3) is 10.0 Å². The summed E-state index contributed by atoms with van der Waals surface area (Å²) in [5, 5.41) is 2.97. The molecule has 3 atom stereocenters. The van der Waals surface area contributed by atoms with E-state index in [9.17, 15) is 13.2 Å². The maximum atomic E-state index is 13.1. The summed E-state index contributed by atoms with van der Waals surface area (Å²) in [4.78, 5) is 17.0. The van der Waals surface area contributed by atoms with Gasteiger partial charge in [0.05, 0.1) is 19.4 Å². The molecule has 1 N–H and O–H groups in total. The molecular weight excluding hydrogens is 380 g/mol. The zero-order valence-electron chi connectivity index (χ0n) is 15.9. The summed E-state index contributed by atoms with van der Waals surface area (Å²) < 4.78 is 34.4. The number of ether oxygens (including phenoxy) is 1. The van der Waals surface area contributed by atoms with Gasteiger partial charge in [-0.2, -0.15) is 4.31 Å². The number of rotatable bonds is 5. The van der Waals surface area contributed by atoms with E-state index in [0.717, 1.165) is 6.42 Å². The molecular formula is C19H24N4O4S. The zero-order valence-corrected chi connectivity index (χ0v) is 16.7. The van der Waals surface area contributed by atoms with Crippen molar-refractivity contribution in [3.63, 3.8) is 0 Å². The Balaban J connectivity index is 1.54. The number of amides is 1. The van der Waals surface area contributed by atoms with Gasteiger partial charge in [-0.25, -0.2) is 13.4 Å². The lowest BCUT2D eigenvalue weighted by Crippen LogP contribution is -2.57. The van der Waals surface area contributed by atoms with Crippen LogP contribution in [0.3, 0.4) is 0 Å². The van der Waals surface area contributed by atoms with Crippen LogP contribution in [0.1, 0.15) is 19.3 Å². The van der Waals surface area contributed by atoms with Crippen molar-refractivity contribution in [2.45, 2.75) is 30.3 Å². The maximum Gasteiger partial charge on any atom is 0.262 e. The molecule has 0 unspecified atom stereocenters. The molecule has 28 heavy (non-hydrogen) atoms. The number of anilines is 1. The molecule has 1 amide bonds. The zero-order chi connectivity index (χ0) is 19.9. The number of benzene rings is 1. The van der Waals surface area contributed by atoms with Gasteiger partial charge in [0.2, 0.25) is 5.91 Å². The second-order valence-corrected chi connectivity index (χ2v) is 9.36. The lowest BCUT2D eigenvalue weighted by Gasteiger charge is -2.47. The molecule has 1 saturated carbocycles. The third kappa shape index (κ3) is 3.40. The molecule has 1 aromatic carbocycles. The number of hydrogen-bond donors (Lipinski definition) is 1. The fourth-order valence-electron chi connectivity index (χ4n) is 4.25. The molecule has 0 spiro atoms. The van der Waals surface area contributed by atoms with Crippen LogP contribution < -0.4 is 10.1 Å². The van der Waals surface area contributed by atoms with Crippen molar-refractivity contribution >= 4 is 21.6 Å². The topological polar surface area (TPSA) is 93.5 Å². The SMILES string of the molecule is COc1ccc(NC(=O)[C@@H]2C[C@@H]3CC[C@H]2N(S(=O)(=O)c2cn(C)cn2)C3)cc1. The lowest BCUT2D eigenvalue weighted by atomic mass is 9.73. The number of aromatic nitrogens is 2. The number of methoxy groups -OCH3 is 1. The van der Waals surface area contributed by atoms with Gasteiger partial charge < -0.3 is 14.6 Å². The van der Waals surface area contributed by atoms with Crippen LogP contribution in [0, 0.1) is 11.8 Å². The lowest BCUT2D eigenvalue weighted by molar-refractivity contribution is -0.125. The highest BCUT2D eigenvalue weighted by Crippen LogP contribution is 2.42. The van der Waals surface area contributed by atoms with E-state index in [0.29, 0.717) is 30.8 Å². The number of sulfonamides is 1. The van der Waals surface area contributed by atoms with Crippen LogP contribution >= 0.6 is 0 Å². The van der Waals surface area contributed by atoms with Crippen LogP contribution in [0.15, 0.2) is 41.8 Å².